The molecule has 0 atom stereocenters. The number of rotatable bonds is 8. The molecule has 0 N–H and O–H groups in total. The Kier molecular flexibility index (Phi) is 8.42. The molecule has 3 rings (SSSR count). The first-order valence-electron chi connectivity index (χ1n) is 11.3. The topological polar surface area (TPSA) is 66.9 Å². The second-order valence-corrected chi connectivity index (χ2v) is 8.15. The van der Waals surface area contributed by atoms with Crippen LogP contribution >= 0.6 is 0 Å². The Morgan fingerprint density at radius 1 is 0.844 bits per heavy atom. The average molecular weight is 437 g/mol. The maximum atomic E-state index is 12.6. The highest BCUT2D eigenvalue weighted by atomic mass is 16.5. The van der Waals surface area contributed by atoms with Gasteiger partial charge in [0.15, 0.2) is 12.4 Å². The summed E-state index contributed by atoms with van der Waals surface area (Å²) >= 11 is 0. The third-order valence-electron chi connectivity index (χ3n) is 5.85. The minimum Gasteiger partial charge on any atom is -0.483 e. The third-order valence-corrected chi connectivity index (χ3v) is 5.85. The van der Waals surface area contributed by atoms with Crippen LogP contribution in [0.25, 0.3) is 0 Å². The number of ether oxygens (including phenoxy) is 1. The molecule has 2 amide bonds. The second kappa shape index (κ2) is 11.5. The standard InChI is InChI=1S/C26H32N2O4/c1-3-21-7-4-5-8-24(21)32-19-26(31)28-16-6-15-27(17-18-28)25(30)14-13-23(29)22-11-9-20(2)10-12-22/h4-5,7-12H,3,6,13-19H2,1-2H3. The molecule has 1 aliphatic heterocycles. The molecule has 1 aliphatic rings. The highest BCUT2D eigenvalue weighted by molar-refractivity contribution is 5.98. The van der Waals surface area contributed by atoms with E-state index < -0.39 is 0 Å². The van der Waals surface area contributed by atoms with Crippen molar-refractivity contribution >= 4 is 17.6 Å². The summed E-state index contributed by atoms with van der Waals surface area (Å²) in [7, 11) is 0. The summed E-state index contributed by atoms with van der Waals surface area (Å²) in [6, 6.07) is 15.2. The zero-order valence-electron chi connectivity index (χ0n) is 19.0. The van der Waals surface area contributed by atoms with Crippen molar-refractivity contribution in [1.82, 2.24) is 9.80 Å². The zero-order valence-corrected chi connectivity index (χ0v) is 19.0. The van der Waals surface area contributed by atoms with E-state index >= 15 is 0 Å². The van der Waals surface area contributed by atoms with Crippen LogP contribution < -0.4 is 4.74 Å². The van der Waals surface area contributed by atoms with Crippen molar-refractivity contribution in [3.8, 4) is 5.75 Å². The molecule has 2 aromatic rings. The molecule has 1 heterocycles. The lowest BCUT2D eigenvalue weighted by atomic mass is 10.0. The van der Waals surface area contributed by atoms with Gasteiger partial charge in [-0.05, 0) is 31.4 Å². The summed E-state index contributed by atoms with van der Waals surface area (Å²) < 4.78 is 5.76. The monoisotopic (exact) mass is 436 g/mol. The highest BCUT2D eigenvalue weighted by Crippen LogP contribution is 2.18. The van der Waals surface area contributed by atoms with Gasteiger partial charge in [0.25, 0.3) is 5.91 Å². The van der Waals surface area contributed by atoms with Crippen LogP contribution in [-0.4, -0.2) is 60.2 Å². The largest absolute Gasteiger partial charge is 0.483 e. The quantitative estimate of drug-likeness (QED) is 0.593. The molecule has 0 unspecified atom stereocenters. The third kappa shape index (κ3) is 6.42. The normalized spacial score (nSPS) is 14.1. The van der Waals surface area contributed by atoms with E-state index in [4.69, 9.17) is 4.74 Å². The van der Waals surface area contributed by atoms with Crippen LogP contribution in [0.4, 0.5) is 0 Å². The van der Waals surface area contributed by atoms with Gasteiger partial charge in [0, 0.05) is 44.6 Å². The van der Waals surface area contributed by atoms with E-state index in [2.05, 4.69) is 6.92 Å². The molecule has 0 saturated carbocycles. The molecule has 0 spiro atoms. The minimum atomic E-state index is -0.0697. The van der Waals surface area contributed by atoms with Gasteiger partial charge >= 0.3 is 0 Å². The summed E-state index contributed by atoms with van der Waals surface area (Å²) in [4.78, 5) is 41.2. The van der Waals surface area contributed by atoms with E-state index in [9.17, 15) is 14.4 Å². The number of aryl methyl sites for hydroxylation is 2. The predicted molar refractivity (Wildman–Crippen MR) is 124 cm³/mol. The number of benzene rings is 2. The summed E-state index contributed by atoms with van der Waals surface area (Å²) in [5, 5.41) is 0. The van der Waals surface area contributed by atoms with Gasteiger partial charge < -0.3 is 14.5 Å². The lowest BCUT2D eigenvalue weighted by Crippen LogP contribution is -2.39. The average Bonchev–Trinajstić information content (AvgIpc) is 3.08. The van der Waals surface area contributed by atoms with Crippen LogP contribution in [0.5, 0.6) is 5.75 Å². The van der Waals surface area contributed by atoms with E-state index in [0.717, 1.165) is 29.7 Å². The molecule has 1 saturated heterocycles. The van der Waals surface area contributed by atoms with Gasteiger partial charge in [-0.3, -0.25) is 14.4 Å². The van der Waals surface area contributed by atoms with Crippen LogP contribution in [0.15, 0.2) is 48.5 Å². The molecule has 2 aromatic carbocycles. The van der Waals surface area contributed by atoms with Crippen LogP contribution in [0.2, 0.25) is 0 Å². The van der Waals surface area contributed by atoms with E-state index in [0.29, 0.717) is 31.7 Å². The van der Waals surface area contributed by atoms with Gasteiger partial charge in [-0.25, -0.2) is 0 Å². The Balaban J connectivity index is 1.45. The molecule has 6 heteroatoms. The Bertz CT molecular complexity index is 939. The Labute approximate surface area is 190 Å². The first kappa shape index (κ1) is 23.5. The molecule has 0 aliphatic carbocycles. The lowest BCUT2D eigenvalue weighted by Gasteiger charge is -2.22. The van der Waals surface area contributed by atoms with Gasteiger partial charge in [0.1, 0.15) is 5.75 Å². The number of ketones is 1. The minimum absolute atomic E-state index is 0.00396. The molecule has 1 fully saturated rings. The van der Waals surface area contributed by atoms with Crippen molar-refractivity contribution in [2.24, 2.45) is 0 Å². The number of para-hydroxylation sites is 1. The van der Waals surface area contributed by atoms with Crippen LogP contribution in [0, 0.1) is 6.92 Å². The summed E-state index contributed by atoms with van der Waals surface area (Å²) in [5.41, 5.74) is 2.81. The maximum Gasteiger partial charge on any atom is 0.260 e. The van der Waals surface area contributed by atoms with Gasteiger partial charge in [-0.1, -0.05) is 55.0 Å². The smallest absolute Gasteiger partial charge is 0.260 e. The van der Waals surface area contributed by atoms with E-state index in [1.807, 2.05) is 43.3 Å². The Morgan fingerprint density at radius 3 is 2.19 bits per heavy atom. The Hall–Kier alpha value is -3.15. The molecule has 6 nitrogen and oxygen atoms in total. The van der Waals surface area contributed by atoms with Gasteiger partial charge in [0.2, 0.25) is 5.91 Å². The van der Waals surface area contributed by atoms with Crippen LogP contribution in [-0.2, 0) is 16.0 Å². The zero-order chi connectivity index (χ0) is 22.9. The van der Waals surface area contributed by atoms with Crippen LogP contribution in [0.1, 0.15) is 47.7 Å². The van der Waals surface area contributed by atoms with Crippen LogP contribution in [0.3, 0.4) is 0 Å². The van der Waals surface area contributed by atoms with Crippen molar-refractivity contribution in [1.29, 1.82) is 0 Å². The fourth-order valence-electron chi connectivity index (χ4n) is 3.85. The fourth-order valence-corrected chi connectivity index (χ4v) is 3.85. The molecule has 0 aromatic heterocycles. The fraction of sp³-hybridized carbons (Fsp3) is 0.423. The number of hydrogen-bond donors (Lipinski definition) is 0. The van der Waals surface area contributed by atoms with Crippen molar-refractivity contribution < 1.29 is 19.1 Å². The first-order valence-corrected chi connectivity index (χ1v) is 11.3. The number of carbonyl (C=O) groups excluding carboxylic acids is 3. The predicted octanol–water partition coefficient (Wildman–Crippen LogP) is 3.66. The van der Waals surface area contributed by atoms with Crippen molar-refractivity contribution in [3.63, 3.8) is 0 Å². The molecule has 32 heavy (non-hydrogen) atoms. The van der Waals surface area contributed by atoms with Crippen molar-refractivity contribution in [2.75, 3.05) is 32.8 Å². The van der Waals surface area contributed by atoms with Crippen molar-refractivity contribution in [3.05, 3.63) is 65.2 Å². The molecular weight excluding hydrogens is 404 g/mol. The van der Waals surface area contributed by atoms with Crippen molar-refractivity contribution in [2.45, 2.75) is 39.5 Å². The highest BCUT2D eigenvalue weighted by Gasteiger charge is 2.23. The number of carbonyl (C=O) groups is 3. The van der Waals surface area contributed by atoms with Gasteiger partial charge in [-0.2, -0.15) is 0 Å². The van der Waals surface area contributed by atoms with E-state index in [1.54, 1.807) is 21.9 Å². The summed E-state index contributed by atoms with van der Waals surface area (Å²) in [5.74, 6) is 0.621. The molecule has 0 bridgehead atoms. The summed E-state index contributed by atoms with van der Waals surface area (Å²) in [6.07, 6.45) is 1.95. The number of hydrogen-bond acceptors (Lipinski definition) is 4. The molecular formula is C26H32N2O4. The maximum absolute atomic E-state index is 12.6. The van der Waals surface area contributed by atoms with Gasteiger partial charge in [0.05, 0.1) is 0 Å². The SMILES string of the molecule is CCc1ccccc1OCC(=O)N1CCCN(C(=O)CCC(=O)c2ccc(C)cc2)CC1. The molecule has 170 valence electrons. The number of nitrogens with zero attached hydrogens (tertiary/aromatic N) is 2. The number of amides is 2. The van der Waals surface area contributed by atoms with Gasteiger partial charge in [-0.15, -0.1) is 0 Å². The molecule has 0 radical (unpaired) electrons. The summed E-state index contributed by atoms with van der Waals surface area (Å²) in [6.45, 7) is 6.19. The van der Waals surface area contributed by atoms with E-state index in [-0.39, 0.29) is 37.0 Å². The lowest BCUT2D eigenvalue weighted by molar-refractivity contribution is -0.134. The first-order chi connectivity index (χ1) is 15.5. The van der Waals surface area contributed by atoms with E-state index in [1.165, 1.54) is 0 Å². The number of Topliss-reactive ketones (excluding diaryl/α,β-unsaturated/α-hetero) is 1. The Morgan fingerprint density at radius 2 is 1.50 bits per heavy atom. The second-order valence-electron chi connectivity index (χ2n) is 8.15.